The first-order valence-electron chi connectivity index (χ1n) is 5.85. The maximum absolute atomic E-state index is 11.6. The van der Waals surface area contributed by atoms with Gasteiger partial charge in [-0.2, -0.15) is 5.10 Å². The number of anilines is 1. The van der Waals surface area contributed by atoms with Crippen molar-refractivity contribution in [1.29, 1.82) is 0 Å². The zero-order valence-electron chi connectivity index (χ0n) is 9.78. The summed E-state index contributed by atoms with van der Waals surface area (Å²) in [5.74, 6) is -0.150. The first-order valence-corrected chi connectivity index (χ1v) is 6.23. The zero-order chi connectivity index (χ0) is 12.4. The van der Waals surface area contributed by atoms with Crippen LogP contribution in [0.15, 0.2) is 0 Å². The lowest BCUT2D eigenvalue weighted by Crippen LogP contribution is -2.11. The maximum Gasteiger partial charge on any atom is 0.360 e. The summed E-state index contributed by atoms with van der Waals surface area (Å²) in [6, 6.07) is 0.260. The molecule has 94 valence electrons. The number of carbonyl (C=O) groups is 1. The fourth-order valence-electron chi connectivity index (χ4n) is 2.18. The highest BCUT2D eigenvalue weighted by molar-refractivity contribution is 6.35. The molecule has 1 saturated carbocycles. The van der Waals surface area contributed by atoms with E-state index >= 15 is 0 Å². The highest BCUT2D eigenvalue weighted by Gasteiger charge is 2.26. The minimum Gasteiger partial charge on any atom is -0.461 e. The van der Waals surface area contributed by atoms with Gasteiger partial charge in [-0.1, -0.05) is 24.4 Å². The van der Waals surface area contributed by atoms with Crippen LogP contribution in [0.5, 0.6) is 0 Å². The van der Waals surface area contributed by atoms with E-state index in [4.69, 9.17) is 22.1 Å². The molecule has 0 radical (unpaired) electrons. The molecule has 0 amide bonds. The molecule has 0 unspecified atom stereocenters. The van der Waals surface area contributed by atoms with Gasteiger partial charge in [0, 0.05) is 0 Å². The number of carbonyl (C=O) groups excluding carboxylic acids is 1. The number of hydrogen-bond donors (Lipinski definition) is 1. The highest BCUT2D eigenvalue weighted by Crippen LogP contribution is 2.34. The van der Waals surface area contributed by atoms with Gasteiger partial charge in [-0.3, -0.25) is 0 Å². The Morgan fingerprint density at radius 2 is 2.24 bits per heavy atom. The lowest BCUT2D eigenvalue weighted by molar-refractivity contribution is 0.0518. The van der Waals surface area contributed by atoms with Crippen LogP contribution in [0.4, 0.5) is 5.82 Å². The third kappa shape index (κ3) is 2.24. The molecule has 6 heteroatoms. The molecule has 0 spiro atoms. The van der Waals surface area contributed by atoms with Gasteiger partial charge in [0.25, 0.3) is 0 Å². The van der Waals surface area contributed by atoms with E-state index in [1.165, 1.54) is 0 Å². The second-order valence-electron chi connectivity index (χ2n) is 4.15. The Hall–Kier alpha value is -1.23. The summed E-state index contributed by atoms with van der Waals surface area (Å²) in [5, 5.41) is 4.40. The topological polar surface area (TPSA) is 70.1 Å². The number of nitrogens with two attached hydrogens (primary N) is 1. The van der Waals surface area contributed by atoms with Crippen LogP contribution in [-0.2, 0) is 4.74 Å². The SMILES string of the molecule is CCOC(=O)c1nn(C2CCCC2)c(N)c1Cl. The van der Waals surface area contributed by atoms with Gasteiger partial charge in [-0.05, 0) is 19.8 Å². The number of halogens is 1. The largest absolute Gasteiger partial charge is 0.461 e. The molecule has 1 heterocycles. The van der Waals surface area contributed by atoms with Crippen molar-refractivity contribution >= 4 is 23.4 Å². The Balaban J connectivity index is 2.29. The molecular weight excluding hydrogens is 242 g/mol. The summed E-state index contributed by atoms with van der Waals surface area (Å²) in [6.45, 7) is 2.04. The Bertz CT molecular complexity index is 425. The average molecular weight is 258 g/mol. The van der Waals surface area contributed by atoms with Gasteiger partial charge in [-0.15, -0.1) is 0 Å². The van der Waals surface area contributed by atoms with Crippen LogP contribution >= 0.6 is 11.6 Å². The van der Waals surface area contributed by atoms with Crippen LogP contribution < -0.4 is 5.73 Å². The molecule has 1 aromatic heterocycles. The quantitative estimate of drug-likeness (QED) is 0.844. The van der Waals surface area contributed by atoms with E-state index in [9.17, 15) is 4.79 Å². The van der Waals surface area contributed by atoms with Crippen molar-refractivity contribution in [2.45, 2.75) is 38.6 Å². The molecule has 0 bridgehead atoms. The molecule has 1 fully saturated rings. The summed E-state index contributed by atoms with van der Waals surface area (Å²) >= 11 is 6.01. The Labute approximate surface area is 105 Å². The van der Waals surface area contributed by atoms with Crippen LogP contribution in [0.25, 0.3) is 0 Å². The van der Waals surface area contributed by atoms with E-state index in [2.05, 4.69) is 5.10 Å². The van der Waals surface area contributed by atoms with Crippen molar-refractivity contribution < 1.29 is 9.53 Å². The normalized spacial score (nSPS) is 16.4. The summed E-state index contributed by atoms with van der Waals surface area (Å²) in [4.78, 5) is 11.6. The molecule has 0 aromatic carbocycles. The molecule has 2 N–H and O–H groups in total. The Morgan fingerprint density at radius 1 is 1.59 bits per heavy atom. The van der Waals surface area contributed by atoms with Crippen LogP contribution in [-0.4, -0.2) is 22.4 Å². The van der Waals surface area contributed by atoms with Crippen LogP contribution in [0.3, 0.4) is 0 Å². The number of hydrogen-bond acceptors (Lipinski definition) is 4. The van der Waals surface area contributed by atoms with Gasteiger partial charge in [0.15, 0.2) is 5.69 Å². The van der Waals surface area contributed by atoms with Crippen molar-refractivity contribution in [3.63, 3.8) is 0 Å². The Morgan fingerprint density at radius 3 is 2.82 bits per heavy atom. The summed E-state index contributed by atoms with van der Waals surface area (Å²) in [5.41, 5.74) is 6.00. The molecule has 2 rings (SSSR count). The molecule has 1 aliphatic rings. The number of ether oxygens (including phenoxy) is 1. The second kappa shape index (κ2) is 4.96. The number of nitrogen functional groups attached to an aromatic ring is 1. The molecule has 1 aromatic rings. The van der Waals surface area contributed by atoms with E-state index < -0.39 is 5.97 Å². The molecular formula is C11H16ClN3O2. The van der Waals surface area contributed by atoms with E-state index in [-0.39, 0.29) is 16.8 Å². The smallest absolute Gasteiger partial charge is 0.360 e. The van der Waals surface area contributed by atoms with Gasteiger partial charge in [0.2, 0.25) is 0 Å². The Kier molecular flexibility index (Phi) is 3.57. The molecule has 0 aliphatic heterocycles. The monoisotopic (exact) mass is 257 g/mol. The van der Waals surface area contributed by atoms with Crippen molar-refractivity contribution in [3.05, 3.63) is 10.7 Å². The van der Waals surface area contributed by atoms with Crippen LogP contribution in [0.2, 0.25) is 5.02 Å². The molecule has 0 atom stereocenters. The van der Waals surface area contributed by atoms with E-state index in [1.807, 2.05) is 0 Å². The first-order chi connectivity index (χ1) is 8.15. The standard InChI is InChI=1S/C11H16ClN3O2/c1-2-17-11(16)9-8(12)10(13)15(14-9)7-5-3-4-6-7/h7H,2-6,13H2,1H3. The summed E-state index contributed by atoms with van der Waals surface area (Å²) in [6.07, 6.45) is 4.39. The average Bonchev–Trinajstić information content (AvgIpc) is 2.90. The second-order valence-corrected chi connectivity index (χ2v) is 4.53. The van der Waals surface area contributed by atoms with Crippen LogP contribution in [0.1, 0.15) is 49.1 Å². The van der Waals surface area contributed by atoms with Crippen molar-refractivity contribution in [2.24, 2.45) is 0 Å². The van der Waals surface area contributed by atoms with Crippen molar-refractivity contribution in [1.82, 2.24) is 9.78 Å². The lowest BCUT2D eigenvalue weighted by Gasteiger charge is -2.10. The summed E-state index contributed by atoms with van der Waals surface area (Å²) in [7, 11) is 0. The summed E-state index contributed by atoms with van der Waals surface area (Å²) < 4.78 is 6.55. The van der Waals surface area contributed by atoms with Gasteiger partial charge < -0.3 is 10.5 Å². The predicted octanol–water partition coefficient (Wildman–Crippen LogP) is 2.41. The van der Waals surface area contributed by atoms with Gasteiger partial charge in [0.1, 0.15) is 10.8 Å². The third-order valence-corrected chi connectivity index (χ3v) is 3.40. The number of rotatable bonds is 3. The first kappa shape index (κ1) is 12.2. The molecule has 0 saturated heterocycles. The number of nitrogens with zero attached hydrogens (tertiary/aromatic N) is 2. The van der Waals surface area contributed by atoms with E-state index in [0.717, 1.165) is 25.7 Å². The van der Waals surface area contributed by atoms with Crippen LogP contribution in [0, 0.1) is 0 Å². The van der Waals surface area contributed by atoms with Gasteiger partial charge in [-0.25, -0.2) is 9.48 Å². The minimum absolute atomic E-state index is 0.123. The number of esters is 1. The minimum atomic E-state index is -0.513. The molecule has 17 heavy (non-hydrogen) atoms. The maximum atomic E-state index is 11.6. The van der Waals surface area contributed by atoms with Gasteiger partial charge >= 0.3 is 5.97 Å². The molecule has 1 aliphatic carbocycles. The van der Waals surface area contributed by atoms with E-state index in [1.54, 1.807) is 11.6 Å². The van der Waals surface area contributed by atoms with Gasteiger partial charge in [0.05, 0.1) is 12.6 Å². The molecule has 5 nitrogen and oxygen atoms in total. The van der Waals surface area contributed by atoms with Crippen molar-refractivity contribution in [2.75, 3.05) is 12.3 Å². The predicted molar refractivity (Wildman–Crippen MR) is 65.1 cm³/mol. The third-order valence-electron chi connectivity index (χ3n) is 3.03. The van der Waals surface area contributed by atoms with Crippen molar-refractivity contribution in [3.8, 4) is 0 Å². The highest BCUT2D eigenvalue weighted by atomic mass is 35.5. The fourth-order valence-corrected chi connectivity index (χ4v) is 2.39. The fraction of sp³-hybridized carbons (Fsp3) is 0.636. The zero-order valence-corrected chi connectivity index (χ0v) is 10.5. The number of aromatic nitrogens is 2. The lowest BCUT2D eigenvalue weighted by atomic mass is 10.2. The van der Waals surface area contributed by atoms with E-state index in [0.29, 0.717) is 12.4 Å².